The Morgan fingerprint density at radius 1 is 1.24 bits per heavy atom. The van der Waals surface area contributed by atoms with E-state index in [0.717, 1.165) is 42.9 Å². The summed E-state index contributed by atoms with van der Waals surface area (Å²) < 4.78 is 10.6. The lowest BCUT2D eigenvalue weighted by Gasteiger charge is -2.23. The zero-order valence-corrected chi connectivity index (χ0v) is 12.4. The molecular formula is C16H21NO4. The van der Waals surface area contributed by atoms with Gasteiger partial charge < -0.3 is 14.6 Å². The minimum absolute atomic E-state index is 0.171. The Morgan fingerprint density at radius 3 is 2.43 bits per heavy atom. The predicted octanol–water partition coefficient (Wildman–Crippen LogP) is 2.14. The van der Waals surface area contributed by atoms with Crippen LogP contribution in [0.2, 0.25) is 0 Å². The molecule has 5 nitrogen and oxygen atoms in total. The van der Waals surface area contributed by atoms with Crippen molar-refractivity contribution in [1.82, 2.24) is 4.90 Å². The second-order valence-electron chi connectivity index (χ2n) is 5.87. The molecule has 3 atom stereocenters. The van der Waals surface area contributed by atoms with Crippen LogP contribution < -0.4 is 9.47 Å². The first-order valence-corrected chi connectivity index (χ1v) is 7.33. The van der Waals surface area contributed by atoms with Crippen LogP contribution in [-0.4, -0.2) is 42.3 Å². The molecule has 21 heavy (non-hydrogen) atoms. The number of hydrogen-bond donors (Lipinski definition) is 1. The molecule has 2 aliphatic heterocycles. The molecule has 1 N–H and O–H groups in total. The largest absolute Gasteiger partial charge is 0.497 e. The van der Waals surface area contributed by atoms with E-state index in [0.29, 0.717) is 6.04 Å². The fourth-order valence-electron chi connectivity index (χ4n) is 3.78. The van der Waals surface area contributed by atoms with E-state index in [2.05, 4.69) is 4.90 Å². The zero-order valence-electron chi connectivity index (χ0n) is 12.4. The number of aliphatic carboxylic acids is 1. The number of ether oxygens (including phenoxy) is 2. The molecule has 0 aliphatic carbocycles. The summed E-state index contributed by atoms with van der Waals surface area (Å²) in [5, 5.41) is 9.32. The van der Waals surface area contributed by atoms with Crippen LogP contribution in [0.25, 0.3) is 0 Å². The summed E-state index contributed by atoms with van der Waals surface area (Å²) in [4.78, 5) is 13.7. The summed E-state index contributed by atoms with van der Waals surface area (Å²) in [7, 11) is 3.27. The van der Waals surface area contributed by atoms with Gasteiger partial charge in [0.2, 0.25) is 0 Å². The molecule has 2 bridgehead atoms. The van der Waals surface area contributed by atoms with Crippen LogP contribution in [0.3, 0.4) is 0 Å². The van der Waals surface area contributed by atoms with E-state index in [9.17, 15) is 9.90 Å². The molecular weight excluding hydrogens is 270 g/mol. The molecule has 2 heterocycles. The molecule has 2 aliphatic rings. The molecule has 1 aromatic carbocycles. The summed E-state index contributed by atoms with van der Waals surface area (Å²) in [6, 6.07) is 6.41. The van der Waals surface area contributed by atoms with Gasteiger partial charge in [-0.3, -0.25) is 9.69 Å². The summed E-state index contributed by atoms with van der Waals surface area (Å²) in [6.45, 7) is 0.757. The third-order valence-electron chi connectivity index (χ3n) is 4.77. The highest BCUT2D eigenvalue weighted by atomic mass is 16.5. The number of methoxy groups -OCH3 is 2. The highest BCUT2D eigenvalue weighted by molar-refractivity contribution is 5.71. The predicted molar refractivity (Wildman–Crippen MR) is 77.6 cm³/mol. The SMILES string of the molecule is COc1cc(CN2C3CCC2C(C(=O)O)C3)cc(OC)c1. The van der Waals surface area contributed by atoms with Crippen molar-refractivity contribution in [2.24, 2.45) is 5.92 Å². The molecule has 0 radical (unpaired) electrons. The van der Waals surface area contributed by atoms with Gasteiger partial charge in [0, 0.05) is 24.7 Å². The Kier molecular flexibility index (Phi) is 3.76. The zero-order chi connectivity index (χ0) is 15.0. The molecule has 0 amide bonds. The van der Waals surface area contributed by atoms with Gasteiger partial charge in [0.15, 0.2) is 0 Å². The van der Waals surface area contributed by atoms with Crippen LogP contribution in [0.15, 0.2) is 18.2 Å². The molecule has 0 aromatic heterocycles. The van der Waals surface area contributed by atoms with Crippen molar-refractivity contribution >= 4 is 5.97 Å². The first-order valence-electron chi connectivity index (χ1n) is 7.33. The summed E-state index contributed by atoms with van der Waals surface area (Å²) in [5.41, 5.74) is 1.11. The van der Waals surface area contributed by atoms with Gasteiger partial charge in [0.05, 0.1) is 20.1 Å². The van der Waals surface area contributed by atoms with Crippen LogP contribution >= 0.6 is 0 Å². The van der Waals surface area contributed by atoms with Gasteiger partial charge in [-0.15, -0.1) is 0 Å². The number of benzene rings is 1. The van der Waals surface area contributed by atoms with Crippen LogP contribution in [0.4, 0.5) is 0 Å². The Labute approximate surface area is 124 Å². The lowest BCUT2D eigenvalue weighted by molar-refractivity contribution is -0.142. The van der Waals surface area contributed by atoms with Crippen molar-refractivity contribution in [3.63, 3.8) is 0 Å². The topological polar surface area (TPSA) is 59.0 Å². The second kappa shape index (κ2) is 5.56. The van der Waals surface area contributed by atoms with Crippen molar-refractivity contribution in [2.75, 3.05) is 14.2 Å². The van der Waals surface area contributed by atoms with Gasteiger partial charge in [0.25, 0.3) is 0 Å². The average Bonchev–Trinajstić information content (AvgIpc) is 3.03. The first kappa shape index (κ1) is 14.2. The summed E-state index contributed by atoms with van der Waals surface area (Å²) in [5.74, 6) is 0.669. The van der Waals surface area contributed by atoms with Gasteiger partial charge in [-0.2, -0.15) is 0 Å². The van der Waals surface area contributed by atoms with Gasteiger partial charge in [-0.05, 0) is 37.0 Å². The highest BCUT2D eigenvalue weighted by Gasteiger charge is 2.48. The standard InChI is InChI=1S/C16H21NO4/c1-20-12-5-10(6-13(8-12)21-2)9-17-11-3-4-15(17)14(7-11)16(18)19/h5-6,8,11,14-15H,3-4,7,9H2,1-2H3,(H,18,19). The molecule has 114 valence electrons. The van der Waals surface area contributed by atoms with Crippen molar-refractivity contribution < 1.29 is 19.4 Å². The minimum Gasteiger partial charge on any atom is -0.497 e. The molecule has 2 saturated heterocycles. The number of carbonyl (C=O) groups is 1. The monoisotopic (exact) mass is 291 g/mol. The molecule has 2 fully saturated rings. The molecule has 1 aromatic rings. The third kappa shape index (κ3) is 2.58. The van der Waals surface area contributed by atoms with E-state index >= 15 is 0 Å². The van der Waals surface area contributed by atoms with Gasteiger partial charge in [0.1, 0.15) is 11.5 Å². The van der Waals surface area contributed by atoms with Gasteiger partial charge in [-0.25, -0.2) is 0 Å². The molecule has 0 spiro atoms. The third-order valence-corrected chi connectivity index (χ3v) is 4.77. The molecule has 0 saturated carbocycles. The average molecular weight is 291 g/mol. The Balaban J connectivity index is 1.79. The van der Waals surface area contributed by atoms with E-state index in [1.54, 1.807) is 14.2 Å². The normalized spacial score (nSPS) is 27.8. The van der Waals surface area contributed by atoms with E-state index < -0.39 is 5.97 Å². The van der Waals surface area contributed by atoms with E-state index in [4.69, 9.17) is 9.47 Å². The van der Waals surface area contributed by atoms with Crippen molar-refractivity contribution in [3.8, 4) is 11.5 Å². The minimum atomic E-state index is -0.657. The van der Waals surface area contributed by atoms with E-state index in [-0.39, 0.29) is 12.0 Å². The van der Waals surface area contributed by atoms with Crippen molar-refractivity contribution in [3.05, 3.63) is 23.8 Å². The van der Waals surface area contributed by atoms with Crippen molar-refractivity contribution in [2.45, 2.75) is 37.9 Å². The maximum Gasteiger partial charge on any atom is 0.308 e. The quantitative estimate of drug-likeness (QED) is 0.900. The maximum absolute atomic E-state index is 11.3. The van der Waals surface area contributed by atoms with Crippen LogP contribution in [0.1, 0.15) is 24.8 Å². The number of rotatable bonds is 5. The number of fused-ring (bicyclic) bond motifs is 2. The van der Waals surface area contributed by atoms with E-state index in [1.165, 1.54) is 0 Å². The Bertz CT molecular complexity index is 523. The van der Waals surface area contributed by atoms with Crippen LogP contribution in [-0.2, 0) is 11.3 Å². The lowest BCUT2D eigenvalue weighted by atomic mass is 9.89. The maximum atomic E-state index is 11.3. The van der Waals surface area contributed by atoms with Crippen molar-refractivity contribution in [1.29, 1.82) is 0 Å². The number of nitrogens with zero attached hydrogens (tertiary/aromatic N) is 1. The van der Waals surface area contributed by atoms with Crippen LogP contribution in [0, 0.1) is 5.92 Å². The first-order chi connectivity index (χ1) is 10.1. The second-order valence-corrected chi connectivity index (χ2v) is 5.87. The fourth-order valence-corrected chi connectivity index (χ4v) is 3.78. The molecule has 3 rings (SSSR count). The molecule has 5 heteroatoms. The fraction of sp³-hybridized carbons (Fsp3) is 0.562. The summed E-state index contributed by atoms with van der Waals surface area (Å²) in [6.07, 6.45) is 2.87. The Hall–Kier alpha value is -1.75. The van der Waals surface area contributed by atoms with E-state index in [1.807, 2.05) is 18.2 Å². The smallest absolute Gasteiger partial charge is 0.308 e. The van der Waals surface area contributed by atoms with Gasteiger partial charge in [-0.1, -0.05) is 0 Å². The number of carboxylic acid groups (broad SMARTS) is 1. The highest BCUT2D eigenvalue weighted by Crippen LogP contribution is 2.43. The Morgan fingerprint density at radius 2 is 1.90 bits per heavy atom. The number of carboxylic acids is 1. The summed E-state index contributed by atoms with van der Waals surface area (Å²) >= 11 is 0. The number of hydrogen-bond acceptors (Lipinski definition) is 4. The van der Waals surface area contributed by atoms with Gasteiger partial charge >= 0.3 is 5.97 Å². The van der Waals surface area contributed by atoms with Crippen LogP contribution in [0.5, 0.6) is 11.5 Å². The lowest BCUT2D eigenvalue weighted by Crippen LogP contribution is -2.32. The molecule has 3 unspecified atom stereocenters.